The van der Waals surface area contributed by atoms with Gasteiger partial charge in [-0.1, -0.05) is 18.2 Å². The van der Waals surface area contributed by atoms with Crippen LogP contribution >= 0.6 is 11.3 Å². The van der Waals surface area contributed by atoms with Crippen LogP contribution in [0.1, 0.15) is 5.01 Å². The maximum absolute atomic E-state index is 9.48. The van der Waals surface area contributed by atoms with Crippen LogP contribution in [0.2, 0.25) is 0 Å². The molecule has 2 aromatic carbocycles. The number of nitrogens with one attached hydrogen (secondary N) is 1. The average Bonchev–Trinajstić information content (AvgIpc) is 3.19. The van der Waals surface area contributed by atoms with E-state index in [-0.39, 0.29) is 0 Å². The molecular formula is C20H17N3O2S. The number of nitrogens with zero attached hydrogens (tertiary/aromatic N) is 2. The predicted octanol–water partition coefficient (Wildman–Crippen LogP) is 4.80. The molecule has 0 spiro atoms. The van der Waals surface area contributed by atoms with Crippen molar-refractivity contribution in [3.8, 4) is 28.8 Å². The third kappa shape index (κ3) is 4.02. The topological polar surface area (TPSA) is 67.2 Å². The van der Waals surface area contributed by atoms with Crippen LogP contribution in [0.15, 0.2) is 60.1 Å². The van der Waals surface area contributed by atoms with Crippen LogP contribution in [0, 0.1) is 11.3 Å². The van der Waals surface area contributed by atoms with Gasteiger partial charge in [0.2, 0.25) is 0 Å². The third-order valence-corrected chi connectivity index (χ3v) is 4.55. The van der Waals surface area contributed by atoms with Gasteiger partial charge in [0.15, 0.2) is 0 Å². The van der Waals surface area contributed by atoms with Crippen molar-refractivity contribution in [2.75, 3.05) is 19.5 Å². The number of ether oxygens (including phenoxy) is 2. The molecule has 0 radical (unpaired) electrons. The van der Waals surface area contributed by atoms with Crippen LogP contribution in [-0.4, -0.2) is 19.2 Å². The Kier molecular flexibility index (Phi) is 5.52. The minimum atomic E-state index is 0.465. The Labute approximate surface area is 156 Å². The lowest BCUT2D eigenvalue weighted by Crippen LogP contribution is -1.92. The van der Waals surface area contributed by atoms with Gasteiger partial charge < -0.3 is 14.8 Å². The quantitative estimate of drug-likeness (QED) is 0.637. The van der Waals surface area contributed by atoms with E-state index in [4.69, 9.17) is 9.47 Å². The third-order valence-electron chi connectivity index (χ3n) is 3.67. The molecule has 0 amide bonds. The lowest BCUT2D eigenvalue weighted by atomic mass is 10.1. The molecule has 1 aromatic heterocycles. The Morgan fingerprint density at radius 1 is 1.12 bits per heavy atom. The fraction of sp³-hybridized carbons (Fsp3) is 0.100. The van der Waals surface area contributed by atoms with E-state index in [1.165, 1.54) is 11.3 Å². The molecule has 0 fully saturated rings. The monoisotopic (exact) mass is 363 g/mol. The summed E-state index contributed by atoms with van der Waals surface area (Å²) in [4.78, 5) is 4.58. The zero-order valence-electron chi connectivity index (χ0n) is 14.4. The number of hydrogen-bond acceptors (Lipinski definition) is 6. The molecule has 0 aliphatic rings. The van der Waals surface area contributed by atoms with Crippen LogP contribution in [0.25, 0.3) is 16.8 Å². The van der Waals surface area contributed by atoms with Crippen molar-refractivity contribution in [1.29, 1.82) is 5.26 Å². The number of anilines is 1. The molecule has 0 aliphatic heterocycles. The highest BCUT2D eigenvalue weighted by Gasteiger charge is 2.09. The molecule has 1 heterocycles. The number of benzene rings is 2. The van der Waals surface area contributed by atoms with Gasteiger partial charge in [0.05, 0.1) is 19.9 Å². The summed E-state index contributed by atoms with van der Waals surface area (Å²) in [6.45, 7) is 0. The molecule has 5 nitrogen and oxygen atoms in total. The molecule has 0 atom stereocenters. The van der Waals surface area contributed by atoms with Gasteiger partial charge in [-0.2, -0.15) is 5.26 Å². The number of hydrogen-bond donors (Lipinski definition) is 1. The van der Waals surface area contributed by atoms with Gasteiger partial charge in [-0.05, 0) is 24.3 Å². The van der Waals surface area contributed by atoms with Crippen LogP contribution in [0.4, 0.5) is 5.69 Å². The zero-order chi connectivity index (χ0) is 18.4. The molecule has 0 saturated heterocycles. The second-order valence-corrected chi connectivity index (χ2v) is 6.17. The second-order valence-electron chi connectivity index (χ2n) is 5.32. The van der Waals surface area contributed by atoms with Crippen LogP contribution in [-0.2, 0) is 0 Å². The molecule has 1 N–H and O–H groups in total. The van der Waals surface area contributed by atoms with E-state index in [0.717, 1.165) is 28.4 Å². The Bertz CT molecular complexity index is 973. The van der Waals surface area contributed by atoms with E-state index < -0.39 is 0 Å². The van der Waals surface area contributed by atoms with Crippen LogP contribution < -0.4 is 14.8 Å². The van der Waals surface area contributed by atoms with Crippen molar-refractivity contribution < 1.29 is 9.47 Å². The first-order chi connectivity index (χ1) is 12.7. The van der Waals surface area contributed by atoms with Gasteiger partial charge in [0, 0.05) is 28.9 Å². The standard InChI is InChI=1S/C20H17N3O2S/c1-24-17-7-3-5-14(9-17)19-13-26-20(23-19)15(11-21)12-22-16-6-4-8-18(10-16)25-2/h3-10,12-13,22H,1-2H3/b15-12-. The fourth-order valence-corrected chi connectivity index (χ4v) is 3.12. The molecule has 0 bridgehead atoms. The molecule has 0 aliphatic carbocycles. The maximum Gasteiger partial charge on any atom is 0.136 e. The summed E-state index contributed by atoms with van der Waals surface area (Å²) >= 11 is 1.43. The second kappa shape index (κ2) is 8.19. The molecule has 6 heteroatoms. The molecule has 130 valence electrons. The summed E-state index contributed by atoms with van der Waals surface area (Å²) in [5.41, 5.74) is 3.06. The van der Waals surface area contributed by atoms with Crippen molar-refractivity contribution in [3.63, 3.8) is 0 Å². The first-order valence-electron chi connectivity index (χ1n) is 7.84. The van der Waals surface area contributed by atoms with Gasteiger partial charge in [0.1, 0.15) is 28.1 Å². The molecule has 26 heavy (non-hydrogen) atoms. The number of nitriles is 1. The number of methoxy groups -OCH3 is 2. The van der Waals surface area contributed by atoms with Crippen molar-refractivity contribution >= 4 is 22.6 Å². The maximum atomic E-state index is 9.48. The lowest BCUT2D eigenvalue weighted by molar-refractivity contribution is 0.415. The summed E-state index contributed by atoms with van der Waals surface area (Å²) in [6.07, 6.45) is 1.66. The van der Waals surface area contributed by atoms with E-state index in [1.807, 2.05) is 53.9 Å². The molecule has 3 aromatic rings. The molecular weight excluding hydrogens is 346 g/mol. The van der Waals surface area contributed by atoms with Crippen molar-refractivity contribution in [2.45, 2.75) is 0 Å². The minimum Gasteiger partial charge on any atom is -0.497 e. The smallest absolute Gasteiger partial charge is 0.136 e. The lowest BCUT2D eigenvalue weighted by Gasteiger charge is -2.04. The van der Waals surface area contributed by atoms with Crippen molar-refractivity contribution in [1.82, 2.24) is 4.98 Å². The normalized spacial score (nSPS) is 10.9. The Morgan fingerprint density at radius 3 is 2.58 bits per heavy atom. The summed E-state index contributed by atoms with van der Waals surface area (Å²) in [7, 11) is 3.25. The molecule has 3 rings (SSSR count). The Hall–Kier alpha value is -3.30. The largest absolute Gasteiger partial charge is 0.497 e. The van der Waals surface area contributed by atoms with E-state index in [2.05, 4.69) is 16.4 Å². The molecule has 0 unspecified atom stereocenters. The van der Waals surface area contributed by atoms with Crippen LogP contribution in [0.5, 0.6) is 11.5 Å². The van der Waals surface area contributed by atoms with Gasteiger partial charge in [-0.3, -0.25) is 0 Å². The molecule has 0 saturated carbocycles. The highest BCUT2D eigenvalue weighted by Crippen LogP contribution is 2.28. The minimum absolute atomic E-state index is 0.465. The summed E-state index contributed by atoms with van der Waals surface area (Å²) in [5, 5.41) is 15.2. The zero-order valence-corrected chi connectivity index (χ0v) is 15.2. The van der Waals surface area contributed by atoms with E-state index >= 15 is 0 Å². The van der Waals surface area contributed by atoms with Crippen molar-refractivity contribution in [3.05, 3.63) is 65.1 Å². The number of rotatable bonds is 6. The fourth-order valence-electron chi connectivity index (χ4n) is 2.32. The van der Waals surface area contributed by atoms with Gasteiger partial charge >= 0.3 is 0 Å². The average molecular weight is 363 g/mol. The predicted molar refractivity (Wildman–Crippen MR) is 104 cm³/mol. The number of aromatic nitrogens is 1. The number of allylic oxidation sites excluding steroid dienone is 1. The first-order valence-corrected chi connectivity index (χ1v) is 8.72. The van der Waals surface area contributed by atoms with E-state index in [0.29, 0.717) is 10.6 Å². The van der Waals surface area contributed by atoms with E-state index in [9.17, 15) is 5.26 Å². The highest BCUT2D eigenvalue weighted by atomic mass is 32.1. The van der Waals surface area contributed by atoms with E-state index in [1.54, 1.807) is 20.4 Å². The SMILES string of the molecule is COc1cccc(N/C=C(/C#N)c2nc(-c3cccc(OC)c3)cs2)c1. The highest BCUT2D eigenvalue weighted by molar-refractivity contribution is 7.11. The Balaban J connectivity index is 1.82. The van der Waals surface area contributed by atoms with Gasteiger partial charge in [-0.15, -0.1) is 11.3 Å². The summed E-state index contributed by atoms with van der Waals surface area (Å²) in [5.74, 6) is 1.52. The number of thiazole rings is 1. The first kappa shape index (κ1) is 17.5. The van der Waals surface area contributed by atoms with Crippen LogP contribution in [0.3, 0.4) is 0 Å². The van der Waals surface area contributed by atoms with Crippen molar-refractivity contribution in [2.24, 2.45) is 0 Å². The van der Waals surface area contributed by atoms with Gasteiger partial charge in [0.25, 0.3) is 0 Å². The van der Waals surface area contributed by atoms with Gasteiger partial charge in [-0.25, -0.2) is 4.98 Å². The Morgan fingerprint density at radius 2 is 1.85 bits per heavy atom. The summed E-state index contributed by atoms with van der Waals surface area (Å²) in [6, 6.07) is 17.4. The summed E-state index contributed by atoms with van der Waals surface area (Å²) < 4.78 is 10.4.